The van der Waals surface area contributed by atoms with Crippen LogP contribution in [0.3, 0.4) is 0 Å². The second kappa shape index (κ2) is 3.72. The van der Waals surface area contributed by atoms with E-state index < -0.39 is 0 Å². The molecule has 1 atom stereocenters. The number of nitrogens with two attached hydrogens (primary N) is 2. The lowest BCUT2D eigenvalue weighted by Gasteiger charge is -2.15. The summed E-state index contributed by atoms with van der Waals surface area (Å²) in [5.74, 6) is 0.808. The maximum Gasteiger partial charge on any atom is 0.222 e. The van der Waals surface area contributed by atoms with Crippen LogP contribution in [-0.2, 0) is 4.79 Å². The van der Waals surface area contributed by atoms with Gasteiger partial charge in [-0.25, -0.2) is 9.97 Å². The van der Waals surface area contributed by atoms with Crippen molar-refractivity contribution < 1.29 is 4.79 Å². The van der Waals surface area contributed by atoms with E-state index in [-0.39, 0.29) is 11.8 Å². The Hall–Kier alpha value is -1.85. The molecule has 1 unspecified atom stereocenters. The Morgan fingerprint density at radius 3 is 2.80 bits per heavy atom. The lowest BCUT2D eigenvalue weighted by atomic mass is 10.1. The molecule has 0 aliphatic carbocycles. The quantitative estimate of drug-likeness (QED) is 0.672. The summed E-state index contributed by atoms with van der Waals surface area (Å²) in [6.07, 6.45) is 3.90. The Labute approximate surface area is 87.3 Å². The van der Waals surface area contributed by atoms with E-state index in [1.807, 2.05) is 4.90 Å². The van der Waals surface area contributed by atoms with Gasteiger partial charge in [-0.1, -0.05) is 0 Å². The van der Waals surface area contributed by atoms with Crippen LogP contribution in [0.2, 0.25) is 0 Å². The highest BCUT2D eigenvalue weighted by atomic mass is 16.1. The normalized spacial score (nSPS) is 20.5. The van der Waals surface area contributed by atoms with Crippen LogP contribution in [0.4, 0.5) is 11.6 Å². The molecule has 2 rings (SSSR count). The molecule has 0 aromatic carbocycles. The number of hydrogen-bond acceptors (Lipinski definition) is 5. The van der Waals surface area contributed by atoms with E-state index in [1.165, 1.54) is 6.20 Å². The van der Waals surface area contributed by atoms with Gasteiger partial charge in [0.25, 0.3) is 0 Å². The van der Waals surface area contributed by atoms with Gasteiger partial charge in [-0.2, -0.15) is 0 Å². The van der Waals surface area contributed by atoms with Crippen LogP contribution in [0.25, 0.3) is 0 Å². The first-order chi connectivity index (χ1) is 7.16. The monoisotopic (exact) mass is 207 g/mol. The van der Waals surface area contributed by atoms with Gasteiger partial charge < -0.3 is 16.4 Å². The van der Waals surface area contributed by atoms with Crippen molar-refractivity contribution in [3.63, 3.8) is 0 Å². The third-order valence-corrected chi connectivity index (χ3v) is 2.57. The van der Waals surface area contributed by atoms with Crippen molar-refractivity contribution in [1.29, 1.82) is 0 Å². The number of carbonyl (C=O) groups is 1. The molecule has 1 amide bonds. The number of rotatable bonds is 2. The first-order valence-electron chi connectivity index (χ1n) is 4.78. The Bertz CT molecular complexity index is 363. The van der Waals surface area contributed by atoms with Crippen molar-refractivity contribution in [3.8, 4) is 0 Å². The third-order valence-electron chi connectivity index (χ3n) is 2.57. The van der Waals surface area contributed by atoms with Gasteiger partial charge in [0.2, 0.25) is 5.91 Å². The molecule has 0 radical (unpaired) electrons. The summed E-state index contributed by atoms with van der Waals surface area (Å²) in [6, 6.07) is 0. The van der Waals surface area contributed by atoms with Gasteiger partial charge in [0.1, 0.15) is 11.6 Å². The van der Waals surface area contributed by atoms with Gasteiger partial charge in [-0.05, 0) is 6.42 Å². The van der Waals surface area contributed by atoms with Gasteiger partial charge in [-0.3, -0.25) is 4.79 Å². The zero-order valence-corrected chi connectivity index (χ0v) is 8.26. The number of nitrogens with zero attached hydrogens (tertiary/aromatic N) is 3. The SMILES string of the molecule is NC(=O)C1CCN(c2cnc(N)cn2)C1. The molecular formula is C9H13N5O. The molecule has 4 N–H and O–H groups in total. The van der Waals surface area contributed by atoms with Crippen LogP contribution >= 0.6 is 0 Å². The van der Waals surface area contributed by atoms with Crippen LogP contribution in [-0.4, -0.2) is 29.0 Å². The second-order valence-electron chi connectivity index (χ2n) is 3.63. The lowest BCUT2D eigenvalue weighted by Crippen LogP contribution is -2.27. The van der Waals surface area contributed by atoms with Crippen LogP contribution in [0, 0.1) is 5.92 Å². The minimum absolute atomic E-state index is 0.0793. The standard InChI is InChI=1S/C9H13N5O/c10-7-3-13-8(4-12-7)14-2-1-6(5-14)9(11)15/h3-4,6H,1-2,5H2,(H2,10,12)(H2,11,15). The molecule has 6 heteroatoms. The van der Waals surface area contributed by atoms with Crippen LogP contribution < -0.4 is 16.4 Å². The van der Waals surface area contributed by atoms with Crippen molar-refractivity contribution in [3.05, 3.63) is 12.4 Å². The van der Waals surface area contributed by atoms with Crippen molar-refractivity contribution in [2.24, 2.45) is 11.7 Å². The fourth-order valence-electron chi connectivity index (χ4n) is 1.70. The number of primary amides is 1. The van der Waals surface area contributed by atoms with E-state index in [0.717, 1.165) is 18.8 Å². The zero-order valence-electron chi connectivity index (χ0n) is 8.26. The molecule has 2 heterocycles. The minimum Gasteiger partial charge on any atom is -0.382 e. The number of amides is 1. The summed E-state index contributed by atoms with van der Waals surface area (Å²) in [5.41, 5.74) is 10.7. The number of nitrogen functional groups attached to an aromatic ring is 1. The van der Waals surface area contributed by atoms with Gasteiger partial charge >= 0.3 is 0 Å². The van der Waals surface area contributed by atoms with E-state index in [1.54, 1.807) is 6.20 Å². The van der Waals surface area contributed by atoms with E-state index in [0.29, 0.717) is 12.4 Å². The lowest BCUT2D eigenvalue weighted by molar-refractivity contribution is -0.121. The summed E-state index contributed by atoms with van der Waals surface area (Å²) in [6.45, 7) is 1.40. The highest BCUT2D eigenvalue weighted by Crippen LogP contribution is 2.21. The first-order valence-corrected chi connectivity index (χ1v) is 4.78. The minimum atomic E-state index is -0.249. The summed E-state index contributed by atoms with van der Waals surface area (Å²) in [5, 5.41) is 0. The molecule has 1 aliphatic rings. The molecule has 1 saturated heterocycles. The van der Waals surface area contributed by atoms with Gasteiger partial charge in [0, 0.05) is 13.1 Å². The Morgan fingerprint density at radius 2 is 2.27 bits per heavy atom. The zero-order chi connectivity index (χ0) is 10.8. The van der Waals surface area contributed by atoms with E-state index in [4.69, 9.17) is 11.5 Å². The molecular weight excluding hydrogens is 194 g/mol. The molecule has 1 aromatic rings. The Balaban J connectivity index is 2.07. The first kappa shape index (κ1) is 9.70. The van der Waals surface area contributed by atoms with Crippen molar-refractivity contribution >= 4 is 17.5 Å². The molecule has 80 valence electrons. The Morgan fingerprint density at radius 1 is 1.47 bits per heavy atom. The van der Waals surface area contributed by atoms with Crippen molar-refractivity contribution in [1.82, 2.24) is 9.97 Å². The topological polar surface area (TPSA) is 98.1 Å². The highest BCUT2D eigenvalue weighted by molar-refractivity contribution is 5.78. The fraction of sp³-hybridized carbons (Fsp3) is 0.444. The molecule has 1 aromatic heterocycles. The van der Waals surface area contributed by atoms with E-state index in [2.05, 4.69) is 9.97 Å². The predicted molar refractivity (Wildman–Crippen MR) is 56.0 cm³/mol. The summed E-state index contributed by atoms with van der Waals surface area (Å²) in [4.78, 5) is 21.1. The summed E-state index contributed by atoms with van der Waals surface area (Å²) >= 11 is 0. The molecule has 0 saturated carbocycles. The maximum absolute atomic E-state index is 11.0. The molecule has 0 spiro atoms. The maximum atomic E-state index is 11.0. The average Bonchev–Trinajstić information content (AvgIpc) is 2.68. The van der Waals surface area contributed by atoms with Gasteiger partial charge in [0.15, 0.2) is 0 Å². The fourth-order valence-corrected chi connectivity index (χ4v) is 1.70. The number of carbonyl (C=O) groups excluding carboxylic acids is 1. The van der Waals surface area contributed by atoms with Crippen LogP contribution in [0.5, 0.6) is 0 Å². The van der Waals surface area contributed by atoms with Crippen molar-refractivity contribution in [2.45, 2.75) is 6.42 Å². The molecule has 15 heavy (non-hydrogen) atoms. The smallest absolute Gasteiger partial charge is 0.222 e. The summed E-state index contributed by atoms with van der Waals surface area (Å²) < 4.78 is 0. The summed E-state index contributed by atoms with van der Waals surface area (Å²) in [7, 11) is 0. The van der Waals surface area contributed by atoms with Crippen LogP contribution in [0.15, 0.2) is 12.4 Å². The average molecular weight is 207 g/mol. The number of anilines is 2. The van der Waals surface area contributed by atoms with Gasteiger partial charge in [0.05, 0.1) is 18.3 Å². The molecule has 6 nitrogen and oxygen atoms in total. The molecule has 1 fully saturated rings. The number of hydrogen-bond donors (Lipinski definition) is 2. The Kier molecular flexibility index (Phi) is 2.40. The highest BCUT2D eigenvalue weighted by Gasteiger charge is 2.27. The van der Waals surface area contributed by atoms with Crippen molar-refractivity contribution in [2.75, 3.05) is 23.7 Å². The predicted octanol–water partition coefficient (Wildman–Crippen LogP) is -0.630. The van der Waals surface area contributed by atoms with E-state index in [9.17, 15) is 4.79 Å². The number of aromatic nitrogens is 2. The molecule has 0 bridgehead atoms. The van der Waals surface area contributed by atoms with Gasteiger partial charge in [-0.15, -0.1) is 0 Å². The third kappa shape index (κ3) is 1.98. The largest absolute Gasteiger partial charge is 0.382 e. The van der Waals surface area contributed by atoms with E-state index >= 15 is 0 Å². The second-order valence-corrected chi connectivity index (χ2v) is 3.63. The van der Waals surface area contributed by atoms with Crippen LogP contribution in [0.1, 0.15) is 6.42 Å². The molecule has 1 aliphatic heterocycles.